The van der Waals surface area contributed by atoms with Crippen molar-refractivity contribution in [3.05, 3.63) is 58.6 Å². The molecule has 0 saturated heterocycles. The highest BCUT2D eigenvalue weighted by atomic mass is 35.5. The first-order valence-corrected chi connectivity index (χ1v) is 9.58. The molecule has 0 bridgehead atoms. The zero-order valence-corrected chi connectivity index (χ0v) is 17.0. The van der Waals surface area contributed by atoms with Gasteiger partial charge < -0.3 is 4.74 Å². The number of nitrogens with two attached hydrogens (primary N) is 1. The Kier molecular flexibility index (Phi) is 6.35. The molecule has 1 heterocycles. The molecule has 3 rings (SSSR count). The molecule has 0 unspecified atom stereocenters. The van der Waals surface area contributed by atoms with Gasteiger partial charge >= 0.3 is 0 Å². The van der Waals surface area contributed by atoms with Crippen molar-refractivity contribution in [1.29, 1.82) is 10.8 Å². The normalized spacial score (nSPS) is 16.3. The smallest absolute Gasteiger partial charge is 0.134 e. The topological polar surface area (TPSA) is 108 Å². The van der Waals surface area contributed by atoms with E-state index in [0.29, 0.717) is 22.2 Å². The third kappa shape index (κ3) is 4.05. The van der Waals surface area contributed by atoms with Crippen molar-refractivity contribution in [3.63, 3.8) is 0 Å². The Morgan fingerprint density at radius 3 is 2.61 bits per heavy atom. The molecule has 146 valence electrons. The Morgan fingerprint density at radius 1 is 1.29 bits per heavy atom. The van der Waals surface area contributed by atoms with Gasteiger partial charge in [-0.25, -0.2) is 0 Å². The lowest BCUT2D eigenvalue weighted by atomic mass is 9.99. The summed E-state index contributed by atoms with van der Waals surface area (Å²) in [6.07, 6.45) is 0. The number of methoxy groups -OCH3 is 1. The fourth-order valence-corrected chi connectivity index (χ4v) is 3.34. The third-order valence-electron chi connectivity index (χ3n) is 4.29. The predicted molar refractivity (Wildman–Crippen MR) is 115 cm³/mol. The number of anilines is 1. The lowest BCUT2D eigenvalue weighted by Gasteiger charge is -2.26. The van der Waals surface area contributed by atoms with Crippen LogP contribution in [0, 0.1) is 10.8 Å². The van der Waals surface area contributed by atoms with E-state index >= 15 is 0 Å². The fourth-order valence-electron chi connectivity index (χ4n) is 3.01. The molecule has 0 fully saturated rings. The van der Waals surface area contributed by atoms with E-state index in [1.165, 1.54) is 0 Å². The number of hydrogen-bond donors (Lipinski definition) is 3. The van der Waals surface area contributed by atoms with E-state index in [2.05, 4.69) is 0 Å². The Bertz CT molecular complexity index is 932. The number of amidine groups is 2. The minimum absolute atomic E-state index is 0.103. The summed E-state index contributed by atoms with van der Waals surface area (Å²) in [5, 5.41) is 22.9. The number of rotatable bonds is 5. The number of nitrogens with one attached hydrogen (secondary N) is 2. The molecule has 2 aromatic carbocycles. The van der Waals surface area contributed by atoms with Crippen molar-refractivity contribution in [2.24, 2.45) is 10.1 Å². The van der Waals surface area contributed by atoms with Gasteiger partial charge in [0.15, 0.2) is 0 Å². The van der Waals surface area contributed by atoms with Crippen LogP contribution in [0.1, 0.15) is 18.1 Å². The minimum Gasteiger partial charge on any atom is -0.497 e. The number of benzodiazepines with no additional fused rings is 1. The van der Waals surface area contributed by atoms with E-state index < -0.39 is 6.04 Å². The van der Waals surface area contributed by atoms with Crippen LogP contribution >= 0.6 is 23.8 Å². The van der Waals surface area contributed by atoms with E-state index in [4.69, 9.17) is 41.5 Å². The standard InChI is InChI=1S/C19H20ClN5O2S/c1-11(21)25-17-8-7-14(26-2)9-15(17)18(12-3-5-13(20)6-4-12)24-16(19(25)22)10-27-28-23/h3-9,16,21-22H,10,23H2,1-2H3/t16-/m0/s1. The largest absolute Gasteiger partial charge is 0.497 e. The number of hydrogen-bond acceptors (Lipinski definition) is 7. The summed E-state index contributed by atoms with van der Waals surface area (Å²) < 4.78 is 10.7. The van der Waals surface area contributed by atoms with Gasteiger partial charge in [-0.15, -0.1) is 0 Å². The predicted octanol–water partition coefficient (Wildman–Crippen LogP) is 3.89. The lowest BCUT2D eigenvalue weighted by molar-refractivity contribution is 0.367. The molecule has 0 aromatic heterocycles. The van der Waals surface area contributed by atoms with E-state index in [1.54, 1.807) is 37.1 Å². The Labute approximate surface area is 172 Å². The molecular formula is C19H20ClN5O2S. The van der Waals surface area contributed by atoms with E-state index in [1.807, 2.05) is 24.3 Å². The second-order valence-corrected chi connectivity index (χ2v) is 6.93. The van der Waals surface area contributed by atoms with Crippen LogP contribution < -0.4 is 14.8 Å². The SMILES string of the molecule is COc1ccc2c(c1)C(c1ccc(Cl)cc1)=N[C@@H](COSN)C(=N)N2C(C)=N. The molecule has 0 aliphatic carbocycles. The molecule has 0 spiro atoms. The number of benzene rings is 2. The van der Waals surface area contributed by atoms with Gasteiger partial charge in [-0.1, -0.05) is 23.7 Å². The molecule has 0 radical (unpaired) electrons. The second-order valence-electron chi connectivity index (χ2n) is 6.07. The molecule has 1 atom stereocenters. The molecule has 1 aliphatic heterocycles. The van der Waals surface area contributed by atoms with Crippen LogP contribution in [0.5, 0.6) is 5.75 Å². The van der Waals surface area contributed by atoms with Crippen LogP contribution in [0.15, 0.2) is 47.5 Å². The number of aliphatic imine (C=N–C) groups is 1. The summed E-state index contributed by atoms with van der Waals surface area (Å²) in [7, 11) is 1.59. The zero-order valence-electron chi connectivity index (χ0n) is 15.4. The molecule has 2 aromatic rings. The van der Waals surface area contributed by atoms with Crippen LogP contribution in [-0.2, 0) is 4.18 Å². The summed E-state index contributed by atoms with van der Waals surface area (Å²) in [4.78, 5) is 6.36. The van der Waals surface area contributed by atoms with Gasteiger partial charge in [-0.3, -0.25) is 30.0 Å². The Hall–Kier alpha value is -2.39. The highest BCUT2D eigenvalue weighted by Gasteiger charge is 2.31. The second kappa shape index (κ2) is 8.74. The molecule has 7 nitrogen and oxygen atoms in total. The first kappa shape index (κ1) is 20.3. The first-order chi connectivity index (χ1) is 13.5. The van der Waals surface area contributed by atoms with Crippen molar-refractivity contribution in [1.82, 2.24) is 0 Å². The molecule has 9 heteroatoms. The molecule has 1 aliphatic rings. The van der Waals surface area contributed by atoms with E-state index in [0.717, 1.165) is 23.4 Å². The quantitative estimate of drug-likeness (QED) is 0.296. The van der Waals surface area contributed by atoms with Gasteiger partial charge in [0.25, 0.3) is 0 Å². The first-order valence-electron chi connectivity index (χ1n) is 8.40. The molecule has 0 amide bonds. The maximum Gasteiger partial charge on any atom is 0.134 e. The fraction of sp³-hybridized carbons (Fsp3) is 0.211. The zero-order chi connectivity index (χ0) is 20.3. The van der Waals surface area contributed by atoms with Crippen molar-refractivity contribution >= 4 is 46.9 Å². The van der Waals surface area contributed by atoms with E-state index in [9.17, 15) is 0 Å². The highest BCUT2D eigenvalue weighted by Crippen LogP contribution is 2.32. The maximum absolute atomic E-state index is 8.66. The van der Waals surface area contributed by atoms with Crippen molar-refractivity contribution in [3.8, 4) is 5.75 Å². The summed E-state index contributed by atoms with van der Waals surface area (Å²) in [5.41, 5.74) is 2.92. The van der Waals surface area contributed by atoms with Gasteiger partial charge in [-0.2, -0.15) is 0 Å². The minimum atomic E-state index is -0.638. The van der Waals surface area contributed by atoms with Crippen LogP contribution in [0.3, 0.4) is 0 Å². The van der Waals surface area contributed by atoms with Crippen LogP contribution in [-0.4, -0.2) is 37.1 Å². The Morgan fingerprint density at radius 2 is 2.00 bits per heavy atom. The maximum atomic E-state index is 8.66. The molecule has 4 N–H and O–H groups in total. The van der Waals surface area contributed by atoms with Crippen LogP contribution in [0.2, 0.25) is 5.02 Å². The van der Waals surface area contributed by atoms with Gasteiger partial charge in [0.1, 0.15) is 23.5 Å². The molecule has 0 saturated carbocycles. The van der Waals surface area contributed by atoms with Gasteiger partial charge in [0.2, 0.25) is 0 Å². The average Bonchev–Trinajstić information content (AvgIpc) is 2.80. The van der Waals surface area contributed by atoms with Crippen molar-refractivity contribution in [2.75, 3.05) is 18.6 Å². The number of halogens is 1. The van der Waals surface area contributed by atoms with Crippen molar-refractivity contribution < 1.29 is 8.92 Å². The van der Waals surface area contributed by atoms with Gasteiger partial charge in [0, 0.05) is 16.1 Å². The summed E-state index contributed by atoms with van der Waals surface area (Å²) in [5.74, 6) is 0.994. The Balaban J connectivity index is 2.25. The monoisotopic (exact) mass is 417 g/mol. The number of nitrogens with zero attached hydrogens (tertiary/aromatic N) is 2. The molecule has 28 heavy (non-hydrogen) atoms. The average molecular weight is 418 g/mol. The summed E-state index contributed by atoms with van der Waals surface area (Å²) in [6, 6.07) is 12.2. The summed E-state index contributed by atoms with van der Waals surface area (Å²) in [6.45, 7) is 1.73. The third-order valence-corrected chi connectivity index (χ3v) is 4.81. The highest BCUT2D eigenvalue weighted by molar-refractivity contribution is 7.92. The van der Waals surface area contributed by atoms with Crippen molar-refractivity contribution in [2.45, 2.75) is 13.0 Å². The van der Waals surface area contributed by atoms with Crippen LogP contribution in [0.4, 0.5) is 5.69 Å². The number of ether oxygens (including phenoxy) is 1. The van der Waals surface area contributed by atoms with Gasteiger partial charge in [0.05, 0.1) is 37.3 Å². The number of fused-ring (bicyclic) bond motifs is 1. The molecular weight excluding hydrogens is 398 g/mol. The summed E-state index contributed by atoms with van der Waals surface area (Å²) >= 11 is 6.78. The van der Waals surface area contributed by atoms with Gasteiger partial charge in [-0.05, 0) is 37.3 Å². The van der Waals surface area contributed by atoms with Crippen LogP contribution in [0.25, 0.3) is 0 Å². The van der Waals surface area contributed by atoms with E-state index in [-0.39, 0.29) is 18.3 Å². The lowest BCUT2D eigenvalue weighted by Crippen LogP contribution is -2.42.